The molecule has 2 bridgehead atoms. The Labute approximate surface area is 109 Å². The Morgan fingerprint density at radius 1 is 1.44 bits per heavy atom. The minimum Gasteiger partial charge on any atom is -0.338 e. The molecule has 1 amide bonds. The molecule has 0 aromatic rings. The van der Waals surface area contributed by atoms with Gasteiger partial charge in [-0.25, -0.2) is 6.57 Å². The molecule has 4 aliphatic rings. The number of nitrogens with zero attached hydrogens (tertiary/aromatic N) is 2. The summed E-state index contributed by atoms with van der Waals surface area (Å²) < 4.78 is 0. The van der Waals surface area contributed by atoms with Gasteiger partial charge in [0.1, 0.15) is 0 Å². The summed E-state index contributed by atoms with van der Waals surface area (Å²) in [6.07, 6.45) is 5.70. The Hall–Kier alpha value is -1.30. The standard InChI is InChI=1S/C15H20N2O/c1-11(2)12-4-6-17(7-5-12)13(18)14-8-15(9-14,10-14)16-3/h4,11H,5-10H2,1-2H3. The molecule has 3 nitrogen and oxygen atoms in total. The molecule has 3 heteroatoms. The highest BCUT2D eigenvalue weighted by molar-refractivity contribution is 5.87. The van der Waals surface area contributed by atoms with Crippen LogP contribution in [0.1, 0.15) is 39.5 Å². The second-order valence-corrected chi connectivity index (χ2v) is 6.58. The third-order valence-electron chi connectivity index (χ3n) is 4.97. The molecule has 96 valence electrons. The van der Waals surface area contributed by atoms with Crippen LogP contribution in [0.3, 0.4) is 0 Å². The van der Waals surface area contributed by atoms with Gasteiger partial charge in [0.2, 0.25) is 11.4 Å². The fourth-order valence-electron chi connectivity index (χ4n) is 3.81. The van der Waals surface area contributed by atoms with Crippen molar-refractivity contribution < 1.29 is 4.79 Å². The van der Waals surface area contributed by atoms with Crippen molar-refractivity contribution in [3.05, 3.63) is 23.1 Å². The smallest absolute Gasteiger partial charge is 0.235 e. The Balaban J connectivity index is 1.62. The highest BCUT2D eigenvalue weighted by Gasteiger charge is 2.78. The van der Waals surface area contributed by atoms with Gasteiger partial charge in [-0.15, -0.1) is 0 Å². The van der Waals surface area contributed by atoms with Gasteiger partial charge in [-0.2, -0.15) is 0 Å². The fourth-order valence-corrected chi connectivity index (χ4v) is 3.81. The molecular formula is C15H20N2O. The summed E-state index contributed by atoms with van der Waals surface area (Å²) >= 11 is 0. The van der Waals surface area contributed by atoms with Crippen LogP contribution in [0.25, 0.3) is 4.85 Å². The van der Waals surface area contributed by atoms with Crippen LogP contribution >= 0.6 is 0 Å². The monoisotopic (exact) mass is 244 g/mol. The maximum Gasteiger partial charge on any atom is 0.235 e. The van der Waals surface area contributed by atoms with Crippen molar-refractivity contribution in [3.8, 4) is 0 Å². The van der Waals surface area contributed by atoms with E-state index in [-0.39, 0.29) is 11.0 Å². The highest BCUT2D eigenvalue weighted by atomic mass is 16.2. The molecular weight excluding hydrogens is 224 g/mol. The van der Waals surface area contributed by atoms with Crippen LogP contribution in [0.15, 0.2) is 11.6 Å². The highest BCUT2D eigenvalue weighted by Crippen LogP contribution is 2.70. The molecule has 0 atom stereocenters. The number of carbonyl (C=O) groups is 1. The van der Waals surface area contributed by atoms with Gasteiger partial charge in [0.15, 0.2) is 0 Å². The van der Waals surface area contributed by atoms with Gasteiger partial charge < -0.3 is 9.74 Å². The fraction of sp³-hybridized carbons (Fsp3) is 0.733. The maximum atomic E-state index is 12.5. The zero-order chi connectivity index (χ0) is 13.0. The zero-order valence-electron chi connectivity index (χ0n) is 11.2. The molecule has 0 spiro atoms. The number of hydrogen-bond acceptors (Lipinski definition) is 1. The molecule has 3 aliphatic carbocycles. The first-order valence-corrected chi connectivity index (χ1v) is 6.87. The topological polar surface area (TPSA) is 24.7 Å². The second-order valence-electron chi connectivity index (χ2n) is 6.58. The van der Waals surface area contributed by atoms with Gasteiger partial charge in [0, 0.05) is 32.4 Å². The lowest BCUT2D eigenvalue weighted by Crippen LogP contribution is -2.71. The molecule has 0 aromatic heterocycles. The van der Waals surface area contributed by atoms with Crippen LogP contribution < -0.4 is 0 Å². The van der Waals surface area contributed by atoms with E-state index in [2.05, 4.69) is 24.8 Å². The van der Waals surface area contributed by atoms with E-state index < -0.39 is 0 Å². The zero-order valence-corrected chi connectivity index (χ0v) is 11.2. The van der Waals surface area contributed by atoms with Crippen LogP contribution in [-0.2, 0) is 4.79 Å². The Bertz CT molecular complexity index is 450. The predicted octanol–water partition coefficient (Wildman–Crippen LogP) is 2.64. The number of carbonyl (C=O) groups excluding carboxylic acids is 1. The molecule has 3 fully saturated rings. The predicted molar refractivity (Wildman–Crippen MR) is 69.7 cm³/mol. The van der Waals surface area contributed by atoms with Crippen molar-refractivity contribution in [2.24, 2.45) is 11.3 Å². The first kappa shape index (κ1) is 11.8. The Morgan fingerprint density at radius 2 is 2.11 bits per heavy atom. The molecule has 3 saturated carbocycles. The van der Waals surface area contributed by atoms with E-state index in [9.17, 15) is 4.79 Å². The lowest BCUT2D eigenvalue weighted by atomic mass is 9.39. The average Bonchev–Trinajstić information content (AvgIpc) is 2.26. The van der Waals surface area contributed by atoms with Crippen LogP contribution in [0.2, 0.25) is 0 Å². The minimum atomic E-state index is -0.135. The third kappa shape index (κ3) is 1.44. The van der Waals surface area contributed by atoms with Gasteiger partial charge in [-0.1, -0.05) is 25.5 Å². The molecule has 18 heavy (non-hydrogen) atoms. The Morgan fingerprint density at radius 3 is 2.56 bits per heavy atom. The minimum absolute atomic E-state index is 0.131. The van der Waals surface area contributed by atoms with E-state index in [0.29, 0.717) is 11.8 Å². The van der Waals surface area contributed by atoms with E-state index in [1.165, 1.54) is 5.57 Å². The van der Waals surface area contributed by atoms with E-state index in [1.807, 2.05) is 4.90 Å². The van der Waals surface area contributed by atoms with E-state index in [0.717, 1.165) is 38.8 Å². The van der Waals surface area contributed by atoms with Crippen LogP contribution in [0, 0.1) is 17.9 Å². The third-order valence-corrected chi connectivity index (χ3v) is 4.97. The summed E-state index contributed by atoms with van der Waals surface area (Å²) in [5, 5.41) is 0. The first-order valence-electron chi connectivity index (χ1n) is 6.87. The largest absolute Gasteiger partial charge is 0.338 e. The van der Waals surface area contributed by atoms with Gasteiger partial charge in [-0.3, -0.25) is 4.79 Å². The van der Waals surface area contributed by atoms with Crippen LogP contribution in [0.4, 0.5) is 0 Å². The van der Waals surface area contributed by atoms with Gasteiger partial charge in [-0.05, 0) is 12.3 Å². The molecule has 0 unspecified atom stereocenters. The summed E-state index contributed by atoms with van der Waals surface area (Å²) in [6, 6.07) is 0. The molecule has 0 saturated heterocycles. The maximum absolute atomic E-state index is 12.5. The van der Waals surface area contributed by atoms with E-state index >= 15 is 0 Å². The number of amides is 1. The van der Waals surface area contributed by atoms with Crippen molar-refractivity contribution in [1.82, 2.24) is 4.90 Å². The van der Waals surface area contributed by atoms with Gasteiger partial charge >= 0.3 is 0 Å². The SMILES string of the molecule is [C-]#[N+]C12CC(C(=O)N3CC=C(C(C)C)CC3)(C1)C2. The van der Waals surface area contributed by atoms with Gasteiger partial charge in [0.25, 0.3) is 0 Å². The summed E-state index contributed by atoms with van der Waals surface area (Å²) in [6.45, 7) is 13.2. The number of hydrogen-bond donors (Lipinski definition) is 0. The lowest BCUT2D eigenvalue weighted by molar-refractivity contribution is -0.176. The van der Waals surface area contributed by atoms with Crippen molar-refractivity contribution in [1.29, 1.82) is 0 Å². The summed E-state index contributed by atoms with van der Waals surface area (Å²) in [7, 11) is 0. The van der Waals surface area contributed by atoms with Crippen molar-refractivity contribution in [2.75, 3.05) is 13.1 Å². The van der Waals surface area contributed by atoms with E-state index in [4.69, 9.17) is 6.57 Å². The molecule has 1 heterocycles. The normalized spacial score (nSPS) is 37.4. The molecule has 4 rings (SSSR count). The van der Waals surface area contributed by atoms with Crippen molar-refractivity contribution in [2.45, 2.75) is 45.1 Å². The van der Waals surface area contributed by atoms with Crippen LogP contribution in [-0.4, -0.2) is 29.4 Å². The summed E-state index contributed by atoms with van der Waals surface area (Å²) in [5.74, 6) is 0.912. The lowest BCUT2D eigenvalue weighted by Gasteiger charge is -2.61. The molecule has 1 aliphatic heterocycles. The second kappa shape index (κ2) is 3.60. The molecule has 0 radical (unpaired) electrons. The van der Waals surface area contributed by atoms with Crippen molar-refractivity contribution in [3.63, 3.8) is 0 Å². The summed E-state index contributed by atoms with van der Waals surface area (Å²) in [4.78, 5) is 18.1. The quantitative estimate of drug-likeness (QED) is 0.541. The average molecular weight is 244 g/mol. The molecule has 0 N–H and O–H groups in total. The van der Waals surface area contributed by atoms with Crippen LogP contribution in [0.5, 0.6) is 0 Å². The van der Waals surface area contributed by atoms with Gasteiger partial charge in [0.05, 0.1) is 5.41 Å². The Kier molecular flexibility index (Phi) is 2.35. The first-order chi connectivity index (χ1) is 8.50. The van der Waals surface area contributed by atoms with E-state index in [1.54, 1.807) is 0 Å². The molecule has 0 aromatic carbocycles. The number of rotatable bonds is 2. The summed E-state index contributed by atoms with van der Waals surface area (Å²) in [5.41, 5.74) is 1.22. The van der Waals surface area contributed by atoms with Crippen molar-refractivity contribution >= 4 is 5.91 Å².